The van der Waals surface area contributed by atoms with Gasteiger partial charge in [0.25, 0.3) is 0 Å². The molecule has 0 bridgehead atoms. The van der Waals surface area contributed by atoms with E-state index in [0.29, 0.717) is 13.0 Å². The lowest BCUT2D eigenvalue weighted by molar-refractivity contribution is -0.147. The number of carbonyl (C=O) groups is 2. The summed E-state index contributed by atoms with van der Waals surface area (Å²) in [5.74, 6) is 2.20. The van der Waals surface area contributed by atoms with Crippen LogP contribution in [0.2, 0.25) is 0 Å². The van der Waals surface area contributed by atoms with Crippen molar-refractivity contribution in [2.24, 2.45) is 0 Å². The second kappa shape index (κ2) is 7.24. The van der Waals surface area contributed by atoms with E-state index >= 15 is 0 Å². The van der Waals surface area contributed by atoms with Crippen LogP contribution in [0.1, 0.15) is 42.7 Å². The van der Waals surface area contributed by atoms with Gasteiger partial charge in [-0.2, -0.15) is 0 Å². The molecule has 5 heteroatoms. The fraction of sp³-hybridized carbons (Fsp3) is 0.500. The van der Waals surface area contributed by atoms with Gasteiger partial charge in [0, 0.05) is 31.2 Å². The molecule has 1 aromatic carbocycles. The van der Waals surface area contributed by atoms with E-state index in [1.807, 2.05) is 21.9 Å². The molecule has 1 aliphatic carbocycles. The molecule has 1 aromatic rings. The Labute approximate surface area is 153 Å². The van der Waals surface area contributed by atoms with Crippen molar-refractivity contribution < 1.29 is 9.59 Å². The van der Waals surface area contributed by atoms with Crippen molar-refractivity contribution in [3.63, 3.8) is 0 Å². The van der Waals surface area contributed by atoms with Crippen LogP contribution >= 0.6 is 11.8 Å². The van der Waals surface area contributed by atoms with Crippen molar-refractivity contribution in [2.45, 2.75) is 37.6 Å². The number of thioether (sulfide) groups is 1. The fourth-order valence-corrected chi connectivity index (χ4v) is 5.05. The number of allylic oxidation sites excluding steroid dienone is 1. The summed E-state index contributed by atoms with van der Waals surface area (Å²) < 4.78 is 0. The molecule has 2 unspecified atom stereocenters. The summed E-state index contributed by atoms with van der Waals surface area (Å²) in [6.07, 6.45) is 7.54. The number of likely N-dealkylation sites (tertiary alicyclic amines) is 1. The highest BCUT2D eigenvalue weighted by atomic mass is 32.2. The largest absolute Gasteiger partial charge is 0.331 e. The normalized spacial score (nSPS) is 25.3. The Bertz CT molecular complexity index is 697. The number of fused-ring (bicyclic) bond motifs is 1. The zero-order valence-corrected chi connectivity index (χ0v) is 15.2. The van der Waals surface area contributed by atoms with Gasteiger partial charge in [0.2, 0.25) is 11.8 Å². The summed E-state index contributed by atoms with van der Waals surface area (Å²) in [6, 6.07) is 8.00. The highest BCUT2D eigenvalue weighted by molar-refractivity contribution is 7.99. The number of benzene rings is 1. The van der Waals surface area contributed by atoms with Crippen molar-refractivity contribution in [1.82, 2.24) is 9.80 Å². The van der Waals surface area contributed by atoms with Gasteiger partial charge in [-0.3, -0.25) is 9.59 Å². The summed E-state index contributed by atoms with van der Waals surface area (Å²) in [4.78, 5) is 29.7. The van der Waals surface area contributed by atoms with Crippen molar-refractivity contribution in [3.05, 3.63) is 41.5 Å². The first-order valence-electron chi connectivity index (χ1n) is 9.17. The van der Waals surface area contributed by atoms with Crippen LogP contribution in [0.15, 0.2) is 30.3 Å². The minimum absolute atomic E-state index is 0.122. The summed E-state index contributed by atoms with van der Waals surface area (Å²) >= 11 is 1.80. The first kappa shape index (κ1) is 16.7. The highest BCUT2D eigenvalue weighted by Crippen LogP contribution is 2.33. The van der Waals surface area contributed by atoms with E-state index in [1.165, 1.54) is 11.1 Å². The van der Waals surface area contributed by atoms with Crippen LogP contribution < -0.4 is 0 Å². The molecule has 132 valence electrons. The number of piperidine rings is 1. The highest BCUT2D eigenvalue weighted by Gasteiger charge is 2.36. The van der Waals surface area contributed by atoms with Gasteiger partial charge in [0.15, 0.2) is 0 Å². The number of hydrogen-bond acceptors (Lipinski definition) is 3. The molecule has 2 heterocycles. The van der Waals surface area contributed by atoms with E-state index in [0.717, 1.165) is 37.4 Å². The van der Waals surface area contributed by atoms with Gasteiger partial charge >= 0.3 is 0 Å². The molecule has 0 N–H and O–H groups in total. The van der Waals surface area contributed by atoms with Crippen LogP contribution in [-0.2, 0) is 9.59 Å². The van der Waals surface area contributed by atoms with Crippen LogP contribution in [0.4, 0.5) is 0 Å². The number of carbonyl (C=O) groups excluding carboxylic acids is 2. The number of rotatable bonds is 3. The minimum Gasteiger partial charge on any atom is -0.331 e. The van der Waals surface area contributed by atoms with Crippen LogP contribution in [0.5, 0.6) is 0 Å². The van der Waals surface area contributed by atoms with E-state index in [9.17, 15) is 9.59 Å². The van der Waals surface area contributed by atoms with Gasteiger partial charge in [-0.15, -0.1) is 11.8 Å². The Morgan fingerprint density at radius 1 is 1.16 bits per heavy atom. The predicted octanol–water partition coefficient (Wildman–Crippen LogP) is 3.10. The summed E-state index contributed by atoms with van der Waals surface area (Å²) in [5.41, 5.74) is 2.44. The number of amides is 2. The second-order valence-corrected chi connectivity index (χ2v) is 8.11. The number of nitrogens with zero attached hydrogens (tertiary/aromatic N) is 2. The Morgan fingerprint density at radius 3 is 2.88 bits per heavy atom. The molecule has 0 saturated carbocycles. The molecule has 2 amide bonds. The average Bonchev–Trinajstić information content (AvgIpc) is 3.32. The van der Waals surface area contributed by atoms with E-state index in [2.05, 4.69) is 24.3 Å². The Hall–Kier alpha value is -1.75. The van der Waals surface area contributed by atoms with Gasteiger partial charge in [-0.1, -0.05) is 36.4 Å². The maximum atomic E-state index is 13.0. The molecule has 4 rings (SSSR count). The standard InChI is InChI=1S/C20H24N2O2S/c23-19(13-16-9-8-15-5-1-2-6-17(15)16)22-10-4-3-7-18(22)20(24)21-11-12-25-14-21/h1-2,5-6,8-9,16,18H,3-4,7,10-14H2. The van der Waals surface area contributed by atoms with Crippen LogP contribution in [0.3, 0.4) is 0 Å². The smallest absolute Gasteiger partial charge is 0.246 e. The maximum absolute atomic E-state index is 13.0. The van der Waals surface area contributed by atoms with Crippen LogP contribution in [0.25, 0.3) is 6.08 Å². The summed E-state index contributed by atoms with van der Waals surface area (Å²) in [7, 11) is 0. The van der Waals surface area contributed by atoms with Crippen LogP contribution in [-0.4, -0.2) is 52.4 Å². The van der Waals surface area contributed by atoms with Crippen molar-refractivity contribution in [2.75, 3.05) is 24.7 Å². The lowest BCUT2D eigenvalue weighted by atomic mass is 9.95. The summed E-state index contributed by atoms with van der Waals surface area (Å²) in [5, 5.41) is 0. The van der Waals surface area contributed by atoms with E-state index < -0.39 is 0 Å². The molecule has 3 aliphatic rings. The topological polar surface area (TPSA) is 40.6 Å². The second-order valence-electron chi connectivity index (χ2n) is 7.04. The fourth-order valence-electron chi connectivity index (χ4n) is 4.09. The monoisotopic (exact) mass is 356 g/mol. The van der Waals surface area contributed by atoms with E-state index in [4.69, 9.17) is 0 Å². The first-order chi connectivity index (χ1) is 12.2. The van der Waals surface area contributed by atoms with Gasteiger partial charge in [0.05, 0.1) is 5.88 Å². The minimum atomic E-state index is -0.249. The lowest BCUT2D eigenvalue weighted by Crippen LogP contribution is -2.52. The molecular formula is C20H24N2O2S. The van der Waals surface area contributed by atoms with E-state index in [-0.39, 0.29) is 23.8 Å². The maximum Gasteiger partial charge on any atom is 0.246 e. The Balaban J connectivity index is 1.46. The molecule has 2 fully saturated rings. The molecule has 25 heavy (non-hydrogen) atoms. The van der Waals surface area contributed by atoms with Crippen molar-refractivity contribution in [3.8, 4) is 0 Å². The van der Waals surface area contributed by atoms with Gasteiger partial charge in [-0.05, 0) is 30.4 Å². The Morgan fingerprint density at radius 2 is 2.04 bits per heavy atom. The Kier molecular flexibility index (Phi) is 4.84. The molecular weight excluding hydrogens is 332 g/mol. The molecule has 0 aromatic heterocycles. The molecule has 2 saturated heterocycles. The molecule has 4 nitrogen and oxygen atoms in total. The van der Waals surface area contributed by atoms with E-state index in [1.54, 1.807) is 11.8 Å². The zero-order chi connectivity index (χ0) is 17.2. The van der Waals surface area contributed by atoms with Gasteiger partial charge in [0.1, 0.15) is 6.04 Å². The zero-order valence-electron chi connectivity index (χ0n) is 14.4. The molecule has 2 aliphatic heterocycles. The SMILES string of the molecule is O=C(C1CCCCN1C(=O)CC1C=Cc2ccccc21)N1CCSC1. The van der Waals surface area contributed by atoms with Gasteiger partial charge < -0.3 is 9.80 Å². The lowest BCUT2D eigenvalue weighted by Gasteiger charge is -2.37. The van der Waals surface area contributed by atoms with Crippen LogP contribution in [0, 0.1) is 0 Å². The predicted molar refractivity (Wildman–Crippen MR) is 101 cm³/mol. The number of hydrogen-bond donors (Lipinski definition) is 0. The third-order valence-corrected chi connectivity index (χ3v) is 6.44. The first-order valence-corrected chi connectivity index (χ1v) is 10.3. The molecule has 0 spiro atoms. The van der Waals surface area contributed by atoms with Gasteiger partial charge in [-0.25, -0.2) is 0 Å². The average molecular weight is 356 g/mol. The molecule has 0 radical (unpaired) electrons. The third kappa shape index (κ3) is 3.34. The third-order valence-electron chi connectivity index (χ3n) is 5.47. The van der Waals surface area contributed by atoms with Crippen molar-refractivity contribution >= 4 is 29.7 Å². The molecule has 2 atom stereocenters. The quantitative estimate of drug-likeness (QED) is 0.836. The van der Waals surface area contributed by atoms with Crippen molar-refractivity contribution in [1.29, 1.82) is 0 Å². The summed E-state index contributed by atoms with van der Waals surface area (Å²) in [6.45, 7) is 1.54.